The standard InChI is InChI=1S/C18H21N3O5S2/c1-12-17(13(2)22)27-18(20-12)19-11-16(23)14-3-5-15(6-4-14)28(24,25)21-7-9-26-10-8-21/h3-6H,7-11H2,1-2H3,(H,19,20). The van der Waals surface area contributed by atoms with E-state index in [1.807, 2.05) is 0 Å². The van der Waals surface area contributed by atoms with Gasteiger partial charge in [-0.3, -0.25) is 9.59 Å². The largest absolute Gasteiger partial charge is 0.379 e. The van der Waals surface area contributed by atoms with Gasteiger partial charge in [-0.2, -0.15) is 4.31 Å². The van der Waals surface area contributed by atoms with Crippen LogP contribution in [0.2, 0.25) is 0 Å². The Hall–Kier alpha value is -2.14. The molecule has 28 heavy (non-hydrogen) atoms. The maximum atomic E-state index is 12.6. The predicted octanol–water partition coefficient (Wildman–Crippen LogP) is 1.97. The molecule has 1 aliphatic heterocycles. The SMILES string of the molecule is CC(=O)c1sc(NCC(=O)c2ccc(S(=O)(=O)N3CCOCC3)cc2)nc1C. The molecule has 2 aromatic rings. The summed E-state index contributed by atoms with van der Waals surface area (Å²) in [6.45, 7) is 4.62. The van der Waals surface area contributed by atoms with Crippen LogP contribution in [0.3, 0.4) is 0 Å². The summed E-state index contributed by atoms with van der Waals surface area (Å²) in [7, 11) is -3.58. The van der Waals surface area contributed by atoms with Gasteiger partial charge in [0.15, 0.2) is 16.7 Å². The number of ketones is 2. The topological polar surface area (TPSA) is 106 Å². The first-order valence-corrected chi connectivity index (χ1v) is 11.0. The van der Waals surface area contributed by atoms with Gasteiger partial charge < -0.3 is 10.1 Å². The quantitative estimate of drug-likeness (QED) is 0.679. The number of carbonyl (C=O) groups excluding carboxylic acids is 2. The molecule has 0 spiro atoms. The van der Waals surface area contributed by atoms with Gasteiger partial charge in [0.1, 0.15) is 0 Å². The molecule has 0 atom stereocenters. The molecule has 2 heterocycles. The molecule has 0 amide bonds. The number of hydrogen-bond donors (Lipinski definition) is 1. The predicted molar refractivity (Wildman–Crippen MR) is 106 cm³/mol. The van der Waals surface area contributed by atoms with E-state index < -0.39 is 10.0 Å². The summed E-state index contributed by atoms with van der Waals surface area (Å²) in [5.74, 6) is -0.265. The zero-order valence-corrected chi connectivity index (χ0v) is 17.2. The number of Topliss-reactive ketones (excluding diaryl/α,β-unsaturated/α-hetero) is 2. The molecular formula is C18H21N3O5S2. The van der Waals surface area contributed by atoms with E-state index in [0.29, 0.717) is 47.6 Å². The van der Waals surface area contributed by atoms with E-state index in [1.165, 1.54) is 46.8 Å². The Kier molecular flexibility index (Phi) is 6.23. The minimum absolute atomic E-state index is 0.000140. The summed E-state index contributed by atoms with van der Waals surface area (Å²) in [4.78, 5) is 28.8. The molecule has 0 bridgehead atoms. The molecule has 3 rings (SSSR count). The Balaban J connectivity index is 1.65. The fraction of sp³-hybridized carbons (Fsp3) is 0.389. The van der Waals surface area contributed by atoms with Crippen LogP contribution in [0.1, 0.15) is 32.6 Å². The van der Waals surface area contributed by atoms with Crippen LogP contribution in [0.25, 0.3) is 0 Å². The third-order valence-corrected chi connectivity index (χ3v) is 7.43. The molecule has 1 N–H and O–H groups in total. The number of hydrogen-bond acceptors (Lipinski definition) is 8. The van der Waals surface area contributed by atoms with E-state index in [4.69, 9.17) is 4.74 Å². The van der Waals surface area contributed by atoms with Crippen molar-refractivity contribution in [1.29, 1.82) is 0 Å². The highest BCUT2D eigenvalue weighted by Gasteiger charge is 2.26. The second kappa shape index (κ2) is 8.48. The van der Waals surface area contributed by atoms with E-state index in [1.54, 1.807) is 6.92 Å². The number of thiazole rings is 1. The van der Waals surface area contributed by atoms with Crippen molar-refractivity contribution in [3.8, 4) is 0 Å². The van der Waals surface area contributed by atoms with Gasteiger partial charge in [0.2, 0.25) is 10.0 Å². The number of benzene rings is 1. The average molecular weight is 424 g/mol. The number of carbonyl (C=O) groups is 2. The zero-order valence-electron chi connectivity index (χ0n) is 15.6. The summed E-state index contributed by atoms with van der Waals surface area (Å²) < 4.78 is 31.8. The first kappa shape index (κ1) is 20.6. The van der Waals surface area contributed by atoms with Crippen molar-refractivity contribution in [2.24, 2.45) is 0 Å². The Labute approximate surface area is 167 Å². The van der Waals surface area contributed by atoms with Gasteiger partial charge in [-0.05, 0) is 31.2 Å². The van der Waals surface area contributed by atoms with E-state index >= 15 is 0 Å². The second-order valence-electron chi connectivity index (χ2n) is 6.31. The van der Waals surface area contributed by atoms with E-state index in [9.17, 15) is 18.0 Å². The lowest BCUT2D eigenvalue weighted by Crippen LogP contribution is -2.40. The monoisotopic (exact) mass is 423 g/mol. The normalized spacial score (nSPS) is 15.4. The zero-order chi connectivity index (χ0) is 20.3. The smallest absolute Gasteiger partial charge is 0.243 e. The van der Waals surface area contributed by atoms with Gasteiger partial charge in [0.05, 0.1) is 35.2 Å². The molecule has 0 radical (unpaired) electrons. The summed E-state index contributed by atoms with van der Waals surface area (Å²) in [5, 5.41) is 3.42. The number of rotatable bonds is 7. The van der Waals surface area contributed by atoms with Crippen molar-refractivity contribution in [1.82, 2.24) is 9.29 Å². The van der Waals surface area contributed by atoms with Crippen LogP contribution >= 0.6 is 11.3 Å². The van der Waals surface area contributed by atoms with Gasteiger partial charge in [-0.15, -0.1) is 0 Å². The summed E-state index contributed by atoms with van der Waals surface area (Å²) in [6.07, 6.45) is 0. The molecule has 1 aromatic heterocycles. The highest BCUT2D eigenvalue weighted by Crippen LogP contribution is 2.23. The van der Waals surface area contributed by atoms with Gasteiger partial charge in [-0.1, -0.05) is 11.3 Å². The van der Waals surface area contributed by atoms with Gasteiger partial charge in [0.25, 0.3) is 0 Å². The number of nitrogens with one attached hydrogen (secondary N) is 1. The molecule has 1 saturated heterocycles. The fourth-order valence-electron chi connectivity index (χ4n) is 2.81. The van der Waals surface area contributed by atoms with Crippen LogP contribution in [-0.2, 0) is 14.8 Å². The van der Waals surface area contributed by atoms with Crippen LogP contribution in [0.4, 0.5) is 5.13 Å². The third-order valence-electron chi connectivity index (χ3n) is 4.30. The molecule has 10 heteroatoms. The molecule has 0 aliphatic carbocycles. The second-order valence-corrected chi connectivity index (χ2v) is 9.24. The Bertz CT molecular complexity index is 977. The lowest BCUT2D eigenvalue weighted by atomic mass is 10.1. The van der Waals surface area contributed by atoms with E-state index in [-0.39, 0.29) is 23.0 Å². The Morgan fingerprint density at radius 3 is 2.43 bits per heavy atom. The van der Waals surface area contributed by atoms with Crippen molar-refractivity contribution < 1.29 is 22.7 Å². The number of ether oxygens (including phenoxy) is 1. The first-order valence-electron chi connectivity index (χ1n) is 8.72. The average Bonchev–Trinajstić information content (AvgIpc) is 3.08. The van der Waals surface area contributed by atoms with Gasteiger partial charge in [0, 0.05) is 25.6 Å². The number of morpholine rings is 1. The minimum atomic E-state index is -3.58. The molecule has 0 saturated carbocycles. The molecule has 150 valence electrons. The number of anilines is 1. The van der Waals surface area contributed by atoms with Crippen LogP contribution in [-0.4, -0.2) is 62.1 Å². The summed E-state index contributed by atoms with van der Waals surface area (Å²) in [6, 6.07) is 5.90. The maximum absolute atomic E-state index is 12.6. The van der Waals surface area contributed by atoms with Crippen LogP contribution in [0.5, 0.6) is 0 Å². The Morgan fingerprint density at radius 1 is 1.21 bits per heavy atom. The van der Waals surface area contributed by atoms with Crippen molar-refractivity contribution in [3.05, 3.63) is 40.4 Å². The van der Waals surface area contributed by atoms with Crippen LogP contribution in [0, 0.1) is 6.92 Å². The van der Waals surface area contributed by atoms with Crippen molar-refractivity contribution in [2.45, 2.75) is 18.7 Å². The lowest BCUT2D eigenvalue weighted by molar-refractivity contribution is 0.0730. The minimum Gasteiger partial charge on any atom is -0.379 e. The van der Waals surface area contributed by atoms with E-state index in [2.05, 4.69) is 10.3 Å². The van der Waals surface area contributed by atoms with Crippen molar-refractivity contribution >= 4 is 38.1 Å². The van der Waals surface area contributed by atoms with Gasteiger partial charge >= 0.3 is 0 Å². The molecular weight excluding hydrogens is 402 g/mol. The molecule has 1 fully saturated rings. The number of aromatic nitrogens is 1. The van der Waals surface area contributed by atoms with E-state index in [0.717, 1.165) is 0 Å². The van der Waals surface area contributed by atoms with Crippen LogP contribution in [0.15, 0.2) is 29.2 Å². The summed E-state index contributed by atoms with van der Waals surface area (Å²) >= 11 is 1.21. The highest BCUT2D eigenvalue weighted by atomic mass is 32.2. The molecule has 8 nitrogen and oxygen atoms in total. The molecule has 1 aliphatic rings. The lowest BCUT2D eigenvalue weighted by Gasteiger charge is -2.26. The van der Waals surface area contributed by atoms with Gasteiger partial charge in [-0.25, -0.2) is 13.4 Å². The number of sulfonamides is 1. The van der Waals surface area contributed by atoms with Crippen molar-refractivity contribution in [3.63, 3.8) is 0 Å². The first-order chi connectivity index (χ1) is 13.3. The molecule has 0 unspecified atom stereocenters. The number of nitrogens with zero attached hydrogens (tertiary/aromatic N) is 2. The number of aryl methyl sites for hydroxylation is 1. The summed E-state index contributed by atoms with van der Waals surface area (Å²) in [5.41, 5.74) is 1.03. The third kappa shape index (κ3) is 4.46. The Morgan fingerprint density at radius 2 is 1.86 bits per heavy atom. The fourth-order valence-corrected chi connectivity index (χ4v) is 5.07. The maximum Gasteiger partial charge on any atom is 0.243 e. The highest BCUT2D eigenvalue weighted by molar-refractivity contribution is 7.89. The molecule has 1 aromatic carbocycles. The van der Waals surface area contributed by atoms with Crippen LogP contribution < -0.4 is 5.32 Å². The van der Waals surface area contributed by atoms with Crippen molar-refractivity contribution in [2.75, 3.05) is 38.2 Å².